The summed E-state index contributed by atoms with van der Waals surface area (Å²) in [6, 6.07) is 8.58. The summed E-state index contributed by atoms with van der Waals surface area (Å²) >= 11 is 1.53. The third kappa shape index (κ3) is 2.84. The zero-order valence-corrected chi connectivity index (χ0v) is 12.5. The highest BCUT2D eigenvalue weighted by atomic mass is 32.1. The van der Waals surface area contributed by atoms with Crippen molar-refractivity contribution >= 4 is 17.3 Å². The number of thiophene rings is 1. The molecule has 0 bridgehead atoms. The van der Waals surface area contributed by atoms with E-state index in [1.807, 2.05) is 17.5 Å². The minimum absolute atomic E-state index is 0.00743. The van der Waals surface area contributed by atoms with Crippen LogP contribution >= 0.6 is 11.3 Å². The lowest BCUT2D eigenvalue weighted by atomic mass is 10.3. The van der Waals surface area contributed by atoms with Gasteiger partial charge in [-0.3, -0.25) is 4.79 Å². The van der Waals surface area contributed by atoms with Gasteiger partial charge in [-0.05, 0) is 23.6 Å². The molecule has 6 nitrogen and oxygen atoms in total. The Morgan fingerprint density at radius 2 is 2.27 bits per heavy atom. The minimum Gasteiger partial charge on any atom is -0.455 e. The maximum atomic E-state index is 11.9. The summed E-state index contributed by atoms with van der Waals surface area (Å²) < 4.78 is 11.6. The van der Waals surface area contributed by atoms with Crippen LogP contribution in [0.1, 0.15) is 16.1 Å². The Hall–Kier alpha value is -2.67. The fourth-order valence-electron chi connectivity index (χ4n) is 1.88. The van der Waals surface area contributed by atoms with Crippen molar-refractivity contribution in [3.8, 4) is 10.6 Å². The molecule has 0 saturated carbocycles. The van der Waals surface area contributed by atoms with Gasteiger partial charge in [-0.15, -0.1) is 11.3 Å². The van der Waals surface area contributed by atoms with Gasteiger partial charge in [-0.1, -0.05) is 11.2 Å². The third-order valence-electron chi connectivity index (χ3n) is 3.02. The second-order valence-electron chi connectivity index (χ2n) is 4.57. The molecule has 0 aliphatic rings. The summed E-state index contributed by atoms with van der Waals surface area (Å²) in [6.45, 7) is -0.0498. The topological polar surface area (TPSA) is 74.3 Å². The summed E-state index contributed by atoms with van der Waals surface area (Å²) in [6.07, 6.45) is 1.57. The first kappa shape index (κ1) is 14.3. The molecular weight excluding hydrogens is 304 g/mol. The lowest BCUT2D eigenvalue weighted by Gasteiger charge is -2.03. The minimum atomic E-state index is -0.679. The van der Waals surface area contributed by atoms with Crippen LogP contribution in [0.25, 0.3) is 10.6 Å². The molecule has 3 rings (SSSR count). The average molecular weight is 316 g/mol. The maximum absolute atomic E-state index is 11.9. The number of aryl methyl sites for hydroxylation is 1. The highest BCUT2D eigenvalue weighted by molar-refractivity contribution is 7.13. The Morgan fingerprint density at radius 3 is 3.05 bits per heavy atom. The number of carbonyl (C=O) groups is 1. The van der Waals surface area contributed by atoms with E-state index in [1.54, 1.807) is 25.4 Å². The molecule has 0 atom stereocenters. The zero-order chi connectivity index (χ0) is 15.5. The van der Waals surface area contributed by atoms with E-state index in [0.717, 1.165) is 4.88 Å². The SMILES string of the molecule is Cn1cccc(C(=O)OCc2cc(-c3cccs3)on2)c1=O. The predicted octanol–water partition coefficient (Wildman–Crippen LogP) is 2.46. The second kappa shape index (κ2) is 5.98. The zero-order valence-electron chi connectivity index (χ0n) is 11.7. The average Bonchev–Trinajstić information content (AvgIpc) is 3.18. The Bertz CT molecular complexity index is 849. The number of hydrogen-bond donors (Lipinski definition) is 0. The van der Waals surface area contributed by atoms with Crippen LogP contribution < -0.4 is 5.56 Å². The molecular formula is C15H12N2O4S. The van der Waals surface area contributed by atoms with Crippen molar-refractivity contribution < 1.29 is 14.1 Å². The number of nitrogens with zero attached hydrogens (tertiary/aromatic N) is 2. The highest BCUT2D eigenvalue weighted by Crippen LogP contribution is 2.25. The molecule has 0 radical (unpaired) electrons. The van der Waals surface area contributed by atoms with E-state index in [1.165, 1.54) is 22.0 Å². The maximum Gasteiger partial charge on any atom is 0.344 e. The van der Waals surface area contributed by atoms with E-state index in [4.69, 9.17) is 9.26 Å². The van der Waals surface area contributed by atoms with Crippen LogP contribution in [0.2, 0.25) is 0 Å². The van der Waals surface area contributed by atoms with Gasteiger partial charge < -0.3 is 13.8 Å². The number of hydrogen-bond acceptors (Lipinski definition) is 6. The van der Waals surface area contributed by atoms with Gasteiger partial charge in [0.1, 0.15) is 17.9 Å². The summed E-state index contributed by atoms with van der Waals surface area (Å²) in [5.41, 5.74) is 0.0865. The fraction of sp³-hybridized carbons (Fsp3) is 0.133. The molecule has 0 aromatic carbocycles. The Morgan fingerprint density at radius 1 is 1.41 bits per heavy atom. The van der Waals surface area contributed by atoms with Gasteiger partial charge in [0, 0.05) is 19.3 Å². The molecule has 0 unspecified atom stereocenters. The summed E-state index contributed by atoms with van der Waals surface area (Å²) in [7, 11) is 1.57. The first-order valence-corrected chi connectivity index (χ1v) is 7.35. The van der Waals surface area contributed by atoms with Gasteiger partial charge in [0.15, 0.2) is 5.76 Å². The fourth-order valence-corrected chi connectivity index (χ4v) is 2.56. The molecule has 0 saturated heterocycles. The summed E-state index contributed by atoms with van der Waals surface area (Å²) in [5, 5.41) is 5.78. The predicted molar refractivity (Wildman–Crippen MR) is 80.6 cm³/mol. The highest BCUT2D eigenvalue weighted by Gasteiger charge is 2.14. The van der Waals surface area contributed by atoms with E-state index in [-0.39, 0.29) is 12.2 Å². The van der Waals surface area contributed by atoms with Crippen LogP contribution in [-0.4, -0.2) is 15.7 Å². The van der Waals surface area contributed by atoms with Gasteiger partial charge >= 0.3 is 5.97 Å². The van der Waals surface area contributed by atoms with Crippen molar-refractivity contribution in [2.24, 2.45) is 7.05 Å². The molecule has 0 amide bonds. The first-order valence-electron chi connectivity index (χ1n) is 6.47. The van der Waals surface area contributed by atoms with Crippen molar-refractivity contribution in [1.82, 2.24) is 9.72 Å². The van der Waals surface area contributed by atoms with Crippen LogP contribution in [0, 0.1) is 0 Å². The molecule has 0 N–H and O–H groups in total. The molecule has 0 aliphatic heterocycles. The van der Waals surface area contributed by atoms with Crippen molar-refractivity contribution in [1.29, 1.82) is 0 Å². The van der Waals surface area contributed by atoms with E-state index in [0.29, 0.717) is 11.5 Å². The van der Waals surface area contributed by atoms with Crippen molar-refractivity contribution in [2.45, 2.75) is 6.61 Å². The van der Waals surface area contributed by atoms with Gasteiger partial charge in [0.2, 0.25) is 0 Å². The van der Waals surface area contributed by atoms with Crippen LogP contribution in [0.15, 0.2) is 51.2 Å². The van der Waals surface area contributed by atoms with E-state index >= 15 is 0 Å². The lowest BCUT2D eigenvalue weighted by Crippen LogP contribution is -2.24. The van der Waals surface area contributed by atoms with Crippen molar-refractivity contribution in [2.75, 3.05) is 0 Å². The molecule has 0 aliphatic carbocycles. The van der Waals surface area contributed by atoms with Crippen LogP contribution in [0.4, 0.5) is 0 Å². The van der Waals surface area contributed by atoms with Gasteiger partial charge in [-0.2, -0.15) is 0 Å². The van der Waals surface area contributed by atoms with Gasteiger partial charge in [0.25, 0.3) is 5.56 Å². The summed E-state index contributed by atoms with van der Waals surface area (Å²) in [5.74, 6) is -0.0569. The normalized spacial score (nSPS) is 10.6. The largest absolute Gasteiger partial charge is 0.455 e. The van der Waals surface area contributed by atoms with Gasteiger partial charge in [0.05, 0.1) is 4.88 Å². The lowest BCUT2D eigenvalue weighted by molar-refractivity contribution is 0.0461. The van der Waals surface area contributed by atoms with Crippen molar-refractivity contribution in [3.63, 3.8) is 0 Å². The van der Waals surface area contributed by atoms with Crippen molar-refractivity contribution in [3.05, 3.63) is 63.5 Å². The number of esters is 1. The number of rotatable bonds is 4. The van der Waals surface area contributed by atoms with E-state index in [9.17, 15) is 9.59 Å². The number of ether oxygens (including phenoxy) is 1. The van der Waals surface area contributed by atoms with E-state index < -0.39 is 11.5 Å². The quantitative estimate of drug-likeness (QED) is 0.691. The monoisotopic (exact) mass is 316 g/mol. The smallest absolute Gasteiger partial charge is 0.344 e. The molecule has 3 heterocycles. The van der Waals surface area contributed by atoms with Crippen LogP contribution in [-0.2, 0) is 18.4 Å². The molecule has 0 fully saturated rings. The Labute approximate surface area is 129 Å². The first-order chi connectivity index (χ1) is 10.6. The Kier molecular flexibility index (Phi) is 3.88. The standard InChI is InChI=1S/C15H12N2O4S/c1-17-6-2-4-11(14(17)18)15(19)20-9-10-8-12(21-16-10)13-5-3-7-22-13/h2-8H,9H2,1H3. The molecule has 22 heavy (non-hydrogen) atoms. The molecule has 3 aromatic rings. The molecule has 112 valence electrons. The third-order valence-corrected chi connectivity index (χ3v) is 3.90. The second-order valence-corrected chi connectivity index (χ2v) is 5.52. The number of pyridine rings is 1. The Balaban J connectivity index is 1.69. The number of aromatic nitrogens is 2. The molecule has 3 aromatic heterocycles. The van der Waals surface area contributed by atoms with Crippen LogP contribution in [0.3, 0.4) is 0 Å². The molecule has 0 spiro atoms. The summed E-state index contributed by atoms with van der Waals surface area (Å²) in [4.78, 5) is 24.7. The van der Waals surface area contributed by atoms with Crippen LogP contribution in [0.5, 0.6) is 0 Å². The molecule has 7 heteroatoms. The number of carbonyl (C=O) groups excluding carboxylic acids is 1. The van der Waals surface area contributed by atoms with E-state index in [2.05, 4.69) is 5.16 Å². The van der Waals surface area contributed by atoms with Gasteiger partial charge in [-0.25, -0.2) is 4.79 Å².